The Hall–Kier alpha value is -3.69. The predicted octanol–water partition coefficient (Wildman–Crippen LogP) is 4.50. The number of H-pyrrole nitrogens is 1. The van der Waals surface area contributed by atoms with Crippen molar-refractivity contribution >= 4 is 26.6 Å². The number of nitro benzene ring substituents is 1. The molecule has 9 heteroatoms. The molecule has 4 aromatic rings. The second kappa shape index (κ2) is 8.02. The summed E-state index contributed by atoms with van der Waals surface area (Å²) in [7, 11) is -2.51. The quantitative estimate of drug-likeness (QED) is 0.354. The molecule has 0 fully saturated rings. The van der Waals surface area contributed by atoms with Crippen LogP contribution in [-0.4, -0.2) is 36.3 Å². The number of hydrogen-bond acceptors (Lipinski definition) is 5. The smallest absolute Gasteiger partial charge is 0.289 e. The number of ether oxygens (including phenoxy) is 1. The normalized spacial score (nSPS) is 14.2. The molecule has 0 aliphatic carbocycles. The minimum Gasteiger partial charge on any atom is -0.497 e. The van der Waals surface area contributed by atoms with Crippen LogP contribution in [0.2, 0.25) is 0 Å². The lowest BCUT2D eigenvalue weighted by molar-refractivity contribution is -0.387. The third kappa shape index (κ3) is 3.55. The van der Waals surface area contributed by atoms with E-state index < -0.39 is 20.6 Å². The molecule has 1 aliphatic heterocycles. The van der Waals surface area contributed by atoms with Crippen LogP contribution < -0.4 is 4.74 Å². The highest BCUT2D eigenvalue weighted by Crippen LogP contribution is 2.39. The monoisotopic (exact) mass is 463 g/mol. The maximum Gasteiger partial charge on any atom is 0.289 e. The van der Waals surface area contributed by atoms with Gasteiger partial charge in [0.15, 0.2) is 4.90 Å². The fourth-order valence-corrected chi connectivity index (χ4v) is 5.99. The molecule has 0 saturated heterocycles. The first-order chi connectivity index (χ1) is 15.9. The molecule has 0 unspecified atom stereocenters. The van der Waals surface area contributed by atoms with Gasteiger partial charge in [0, 0.05) is 34.8 Å². The van der Waals surface area contributed by atoms with E-state index in [1.165, 1.54) is 28.6 Å². The van der Waals surface area contributed by atoms with Crippen LogP contribution in [0.4, 0.5) is 5.69 Å². The molecule has 1 N–H and O–H groups in total. The average Bonchev–Trinajstić information content (AvgIpc) is 3.17. The standard InChI is InChI=1S/C24H21N3O5S/c1-32-17-11-10-16-12-13-26(33(30,31)23-9-5-4-8-22(23)27(28)29)15-21-24(19(16)14-17)18-6-2-3-7-20(18)25-21/h2-11,14,25H,12-13,15H2,1H3. The summed E-state index contributed by atoms with van der Waals surface area (Å²) in [5.74, 6) is 0.718. The van der Waals surface area contributed by atoms with Crippen molar-refractivity contribution in [1.29, 1.82) is 0 Å². The molecule has 0 atom stereocenters. The molecule has 8 nitrogen and oxygen atoms in total. The molecular formula is C24H21N3O5S. The Bertz CT molecular complexity index is 1490. The third-order valence-electron chi connectivity index (χ3n) is 6.01. The Kier molecular flexibility index (Phi) is 5.15. The molecule has 0 spiro atoms. The maximum absolute atomic E-state index is 13.6. The van der Waals surface area contributed by atoms with Crippen molar-refractivity contribution < 1.29 is 18.1 Å². The number of aromatic amines is 1. The van der Waals surface area contributed by atoms with Crippen LogP contribution >= 0.6 is 0 Å². The number of rotatable bonds is 4. The van der Waals surface area contributed by atoms with Crippen LogP contribution in [0.25, 0.3) is 22.0 Å². The molecule has 33 heavy (non-hydrogen) atoms. The first-order valence-corrected chi connectivity index (χ1v) is 11.8. The van der Waals surface area contributed by atoms with Crippen LogP contribution in [0.5, 0.6) is 5.75 Å². The summed E-state index contributed by atoms with van der Waals surface area (Å²) < 4.78 is 34.0. The molecular weight excluding hydrogens is 442 g/mol. The molecule has 168 valence electrons. The number of benzene rings is 3. The topological polar surface area (TPSA) is 106 Å². The second-order valence-electron chi connectivity index (χ2n) is 7.86. The summed E-state index contributed by atoms with van der Waals surface area (Å²) in [5, 5.41) is 12.5. The van der Waals surface area contributed by atoms with Gasteiger partial charge in [-0.25, -0.2) is 8.42 Å². The zero-order chi connectivity index (χ0) is 23.2. The first-order valence-electron chi connectivity index (χ1n) is 10.4. The summed E-state index contributed by atoms with van der Waals surface area (Å²) in [5.41, 5.74) is 4.08. The van der Waals surface area contributed by atoms with Crippen LogP contribution in [0, 0.1) is 10.1 Å². The van der Waals surface area contributed by atoms with E-state index in [9.17, 15) is 18.5 Å². The van der Waals surface area contributed by atoms with Gasteiger partial charge in [0.2, 0.25) is 10.0 Å². The van der Waals surface area contributed by atoms with Gasteiger partial charge in [-0.1, -0.05) is 36.4 Å². The lowest BCUT2D eigenvalue weighted by Gasteiger charge is -2.26. The van der Waals surface area contributed by atoms with Crippen molar-refractivity contribution in [3.05, 3.63) is 88.1 Å². The van der Waals surface area contributed by atoms with Gasteiger partial charge in [0.1, 0.15) is 5.75 Å². The Morgan fingerprint density at radius 3 is 2.61 bits per heavy atom. The van der Waals surface area contributed by atoms with Gasteiger partial charge in [-0.2, -0.15) is 4.31 Å². The highest BCUT2D eigenvalue weighted by atomic mass is 32.2. The number of aromatic nitrogens is 1. The number of nitro groups is 1. The van der Waals surface area contributed by atoms with Crippen LogP contribution in [0.1, 0.15) is 11.3 Å². The van der Waals surface area contributed by atoms with Gasteiger partial charge < -0.3 is 9.72 Å². The van der Waals surface area contributed by atoms with Crippen molar-refractivity contribution in [2.45, 2.75) is 17.9 Å². The molecule has 2 heterocycles. The maximum atomic E-state index is 13.6. The summed E-state index contributed by atoms with van der Waals surface area (Å²) in [6.45, 7) is 0.248. The van der Waals surface area contributed by atoms with Gasteiger partial charge >= 0.3 is 0 Å². The van der Waals surface area contributed by atoms with Crippen molar-refractivity contribution in [3.8, 4) is 16.9 Å². The number of hydrogen-bond donors (Lipinski definition) is 1. The van der Waals surface area contributed by atoms with Crippen LogP contribution in [0.3, 0.4) is 0 Å². The Morgan fingerprint density at radius 2 is 1.82 bits per heavy atom. The SMILES string of the molecule is COc1ccc2c(c1)-c1c([nH]c3ccccc13)CN(S(=O)(=O)c1ccccc1[N+](=O)[O-])CC2. The number of sulfonamides is 1. The molecule has 0 radical (unpaired) electrons. The summed E-state index contributed by atoms with van der Waals surface area (Å²) in [6, 6.07) is 19.0. The molecule has 1 aliphatic rings. The van der Waals surface area contributed by atoms with Crippen molar-refractivity contribution in [2.75, 3.05) is 13.7 Å². The lowest BCUT2D eigenvalue weighted by Crippen LogP contribution is -2.34. The highest BCUT2D eigenvalue weighted by molar-refractivity contribution is 7.89. The van der Waals surface area contributed by atoms with Gasteiger partial charge in [-0.05, 0) is 41.8 Å². The van der Waals surface area contributed by atoms with Gasteiger partial charge in [0.05, 0.1) is 18.6 Å². The van der Waals surface area contributed by atoms with Gasteiger partial charge in [-0.15, -0.1) is 0 Å². The van der Waals surface area contributed by atoms with E-state index in [0.717, 1.165) is 39.0 Å². The summed E-state index contributed by atoms with van der Waals surface area (Å²) >= 11 is 0. The fourth-order valence-electron chi connectivity index (χ4n) is 4.43. The van der Waals surface area contributed by atoms with Gasteiger partial charge in [-0.3, -0.25) is 10.1 Å². The highest BCUT2D eigenvalue weighted by Gasteiger charge is 2.33. The molecule has 1 aromatic heterocycles. The zero-order valence-corrected chi connectivity index (χ0v) is 18.6. The van der Waals surface area contributed by atoms with Crippen molar-refractivity contribution in [2.24, 2.45) is 0 Å². The minimum absolute atomic E-state index is 0.0645. The Morgan fingerprint density at radius 1 is 1.06 bits per heavy atom. The van der Waals surface area contributed by atoms with Crippen molar-refractivity contribution in [3.63, 3.8) is 0 Å². The van der Waals surface area contributed by atoms with E-state index in [1.807, 2.05) is 42.5 Å². The first kappa shape index (κ1) is 21.2. The van der Waals surface area contributed by atoms with E-state index in [-0.39, 0.29) is 18.0 Å². The van der Waals surface area contributed by atoms with E-state index in [4.69, 9.17) is 4.74 Å². The van der Waals surface area contributed by atoms with E-state index in [0.29, 0.717) is 6.42 Å². The van der Waals surface area contributed by atoms with Crippen LogP contribution in [0.15, 0.2) is 71.6 Å². The Balaban J connectivity index is 1.70. The Labute approximate surface area is 190 Å². The third-order valence-corrected chi connectivity index (χ3v) is 7.91. The molecule has 5 rings (SSSR count). The molecule has 0 amide bonds. The number of nitrogens with zero attached hydrogens (tertiary/aromatic N) is 2. The minimum atomic E-state index is -4.13. The average molecular weight is 464 g/mol. The number of para-hydroxylation sites is 2. The second-order valence-corrected chi connectivity index (χ2v) is 9.77. The molecule has 0 saturated carbocycles. The van der Waals surface area contributed by atoms with E-state index in [2.05, 4.69) is 4.98 Å². The largest absolute Gasteiger partial charge is 0.497 e. The van der Waals surface area contributed by atoms with Crippen molar-refractivity contribution in [1.82, 2.24) is 9.29 Å². The van der Waals surface area contributed by atoms with E-state index >= 15 is 0 Å². The fraction of sp³-hybridized carbons (Fsp3) is 0.167. The number of nitrogens with one attached hydrogen (secondary N) is 1. The number of fused-ring (bicyclic) bond motifs is 5. The zero-order valence-electron chi connectivity index (χ0n) is 17.8. The van der Waals surface area contributed by atoms with E-state index in [1.54, 1.807) is 7.11 Å². The van der Waals surface area contributed by atoms with Gasteiger partial charge in [0.25, 0.3) is 5.69 Å². The molecule has 3 aromatic carbocycles. The number of methoxy groups -OCH3 is 1. The lowest BCUT2D eigenvalue weighted by atomic mass is 9.93. The molecule has 0 bridgehead atoms. The predicted molar refractivity (Wildman–Crippen MR) is 125 cm³/mol. The summed E-state index contributed by atoms with van der Waals surface area (Å²) in [4.78, 5) is 13.9. The van der Waals surface area contributed by atoms with Crippen LogP contribution in [-0.2, 0) is 23.0 Å². The summed E-state index contributed by atoms with van der Waals surface area (Å²) in [6.07, 6.45) is 0.456.